The largest absolute Gasteiger partial charge is 0.474 e. The van der Waals surface area contributed by atoms with Crippen molar-refractivity contribution >= 4 is 23.3 Å². The number of ether oxygens (including phenoxy) is 1. The van der Waals surface area contributed by atoms with E-state index in [0.29, 0.717) is 17.7 Å². The van der Waals surface area contributed by atoms with Crippen LogP contribution in [0.3, 0.4) is 0 Å². The van der Waals surface area contributed by atoms with E-state index in [9.17, 15) is 9.18 Å². The van der Waals surface area contributed by atoms with Gasteiger partial charge in [-0.3, -0.25) is 4.79 Å². The molecule has 1 saturated heterocycles. The van der Waals surface area contributed by atoms with Gasteiger partial charge in [0.05, 0.1) is 10.6 Å². The minimum atomic E-state index is -0.494. The smallest absolute Gasteiger partial charge is 0.258 e. The number of carbonyl (C=O) groups excluding carboxylic acids is 1. The van der Waals surface area contributed by atoms with E-state index in [4.69, 9.17) is 16.3 Å². The van der Waals surface area contributed by atoms with E-state index in [0.717, 1.165) is 25.5 Å². The number of benzene rings is 1. The quantitative estimate of drug-likeness (QED) is 0.870. The van der Waals surface area contributed by atoms with Gasteiger partial charge in [0, 0.05) is 12.1 Å². The Balaban J connectivity index is 1.67. The van der Waals surface area contributed by atoms with E-state index in [1.165, 1.54) is 12.1 Å². The molecule has 2 heterocycles. The zero-order chi connectivity index (χ0) is 17.8. The lowest BCUT2D eigenvalue weighted by atomic mass is 10.0. The number of pyridine rings is 1. The van der Waals surface area contributed by atoms with Crippen LogP contribution >= 0.6 is 11.6 Å². The van der Waals surface area contributed by atoms with E-state index >= 15 is 0 Å². The van der Waals surface area contributed by atoms with Gasteiger partial charge in [-0.15, -0.1) is 0 Å². The lowest BCUT2D eigenvalue weighted by molar-refractivity contribution is 0.102. The van der Waals surface area contributed by atoms with Crippen molar-refractivity contribution in [2.24, 2.45) is 0 Å². The second-order valence-corrected chi connectivity index (χ2v) is 6.47. The Bertz CT molecular complexity index is 772. The SMILES string of the molecule is C[C@H]1C[C@H](Oc2cccc(NC(=O)c3ccc(F)cc3Cl)n2)CCN1. The Morgan fingerprint density at radius 3 is 3.00 bits per heavy atom. The molecular weight excluding hydrogens is 345 g/mol. The van der Waals surface area contributed by atoms with Crippen molar-refractivity contribution < 1.29 is 13.9 Å². The van der Waals surface area contributed by atoms with Gasteiger partial charge < -0.3 is 15.4 Å². The number of rotatable bonds is 4. The number of halogens is 2. The molecule has 132 valence electrons. The van der Waals surface area contributed by atoms with E-state index in [1.807, 2.05) is 0 Å². The van der Waals surface area contributed by atoms with Crippen molar-refractivity contribution in [3.63, 3.8) is 0 Å². The van der Waals surface area contributed by atoms with Crippen LogP contribution in [-0.4, -0.2) is 29.6 Å². The molecule has 0 aliphatic carbocycles. The number of nitrogens with one attached hydrogen (secondary N) is 2. The summed E-state index contributed by atoms with van der Waals surface area (Å²) < 4.78 is 19.0. The van der Waals surface area contributed by atoms with Crippen LogP contribution in [0.2, 0.25) is 5.02 Å². The highest BCUT2D eigenvalue weighted by molar-refractivity contribution is 6.34. The van der Waals surface area contributed by atoms with Gasteiger partial charge in [-0.2, -0.15) is 4.98 Å². The molecule has 2 aromatic rings. The van der Waals surface area contributed by atoms with E-state index in [1.54, 1.807) is 18.2 Å². The van der Waals surface area contributed by atoms with Gasteiger partial charge in [0.1, 0.15) is 17.7 Å². The molecule has 1 amide bonds. The number of aromatic nitrogens is 1. The number of nitrogens with zero attached hydrogens (tertiary/aromatic N) is 1. The van der Waals surface area contributed by atoms with Crippen LogP contribution in [0.25, 0.3) is 0 Å². The van der Waals surface area contributed by atoms with Gasteiger partial charge in [-0.1, -0.05) is 17.7 Å². The first-order chi connectivity index (χ1) is 12.0. The minimum Gasteiger partial charge on any atom is -0.474 e. The van der Waals surface area contributed by atoms with Crippen LogP contribution < -0.4 is 15.4 Å². The summed E-state index contributed by atoms with van der Waals surface area (Å²) in [5, 5.41) is 6.07. The first kappa shape index (κ1) is 17.6. The zero-order valence-electron chi connectivity index (χ0n) is 13.8. The van der Waals surface area contributed by atoms with Gasteiger partial charge in [-0.25, -0.2) is 4.39 Å². The Morgan fingerprint density at radius 2 is 2.24 bits per heavy atom. The van der Waals surface area contributed by atoms with Crippen molar-refractivity contribution in [2.75, 3.05) is 11.9 Å². The Kier molecular flexibility index (Phi) is 5.50. The van der Waals surface area contributed by atoms with Crippen molar-refractivity contribution in [1.29, 1.82) is 0 Å². The molecule has 5 nitrogen and oxygen atoms in total. The number of anilines is 1. The van der Waals surface area contributed by atoms with Gasteiger partial charge >= 0.3 is 0 Å². The van der Waals surface area contributed by atoms with Crippen molar-refractivity contribution in [3.8, 4) is 5.88 Å². The second-order valence-electron chi connectivity index (χ2n) is 6.06. The molecule has 1 aromatic heterocycles. The lowest BCUT2D eigenvalue weighted by Crippen LogP contribution is -2.40. The molecule has 0 spiro atoms. The topological polar surface area (TPSA) is 63.2 Å². The summed E-state index contributed by atoms with van der Waals surface area (Å²) in [6.07, 6.45) is 1.92. The zero-order valence-corrected chi connectivity index (χ0v) is 14.5. The molecule has 0 unspecified atom stereocenters. The number of hydrogen-bond acceptors (Lipinski definition) is 4. The standard InChI is InChI=1S/C18H19ClFN3O2/c1-11-9-13(7-8-21-11)25-17-4-2-3-16(22-17)23-18(24)14-6-5-12(20)10-15(14)19/h2-6,10-11,13,21H,7-9H2,1H3,(H,22,23,24)/t11-,13+/m0/s1. The average molecular weight is 364 g/mol. The summed E-state index contributed by atoms with van der Waals surface area (Å²) in [6.45, 7) is 3.03. The van der Waals surface area contributed by atoms with E-state index in [2.05, 4.69) is 22.5 Å². The maximum absolute atomic E-state index is 13.1. The first-order valence-corrected chi connectivity index (χ1v) is 8.52. The number of carbonyl (C=O) groups is 1. The fourth-order valence-electron chi connectivity index (χ4n) is 2.77. The average Bonchev–Trinajstić information content (AvgIpc) is 2.55. The highest BCUT2D eigenvalue weighted by atomic mass is 35.5. The maximum Gasteiger partial charge on any atom is 0.258 e. The van der Waals surface area contributed by atoms with Crippen LogP contribution in [0.15, 0.2) is 36.4 Å². The summed E-state index contributed by atoms with van der Waals surface area (Å²) >= 11 is 5.91. The van der Waals surface area contributed by atoms with Crippen molar-refractivity contribution in [1.82, 2.24) is 10.3 Å². The Labute approximate surface area is 150 Å². The predicted octanol–water partition coefficient (Wildman–Crippen LogP) is 3.65. The van der Waals surface area contributed by atoms with Crippen molar-refractivity contribution in [3.05, 3.63) is 52.8 Å². The molecule has 3 rings (SSSR count). The Hall–Kier alpha value is -2.18. The van der Waals surface area contributed by atoms with Gasteiger partial charge in [0.15, 0.2) is 0 Å². The summed E-state index contributed by atoms with van der Waals surface area (Å²) in [6, 6.07) is 9.20. The van der Waals surface area contributed by atoms with Crippen LogP contribution in [0.1, 0.15) is 30.1 Å². The molecular formula is C18H19ClFN3O2. The monoisotopic (exact) mass is 363 g/mol. The number of amides is 1. The van der Waals surface area contributed by atoms with Gasteiger partial charge in [0.2, 0.25) is 5.88 Å². The van der Waals surface area contributed by atoms with Crippen LogP contribution in [0.5, 0.6) is 5.88 Å². The molecule has 0 radical (unpaired) electrons. The minimum absolute atomic E-state index is 0.0496. The number of piperidine rings is 1. The highest BCUT2D eigenvalue weighted by Crippen LogP contribution is 2.21. The molecule has 1 aliphatic rings. The summed E-state index contributed by atoms with van der Waals surface area (Å²) in [5.41, 5.74) is 0.184. The lowest BCUT2D eigenvalue weighted by Gasteiger charge is -2.28. The van der Waals surface area contributed by atoms with E-state index in [-0.39, 0.29) is 16.7 Å². The third-order valence-electron chi connectivity index (χ3n) is 4.00. The van der Waals surface area contributed by atoms with Gasteiger partial charge in [-0.05, 0) is 50.6 Å². The molecule has 2 atom stereocenters. The maximum atomic E-state index is 13.1. The molecule has 1 aromatic carbocycles. The molecule has 0 saturated carbocycles. The van der Waals surface area contributed by atoms with Gasteiger partial charge in [0.25, 0.3) is 5.91 Å². The van der Waals surface area contributed by atoms with Crippen LogP contribution in [0.4, 0.5) is 10.2 Å². The normalized spacial score (nSPS) is 20.1. The predicted molar refractivity (Wildman–Crippen MR) is 94.7 cm³/mol. The molecule has 25 heavy (non-hydrogen) atoms. The Morgan fingerprint density at radius 1 is 1.40 bits per heavy atom. The molecule has 2 N–H and O–H groups in total. The van der Waals surface area contributed by atoms with E-state index < -0.39 is 11.7 Å². The van der Waals surface area contributed by atoms with Crippen LogP contribution in [-0.2, 0) is 0 Å². The van der Waals surface area contributed by atoms with Crippen LogP contribution in [0, 0.1) is 5.82 Å². The molecule has 1 aliphatic heterocycles. The summed E-state index contributed by atoms with van der Waals surface area (Å²) in [4.78, 5) is 16.6. The fraction of sp³-hybridized carbons (Fsp3) is 0.333. The third-order valence-corrected chi connectivity index (χ3v) is 4.32. The first-order valence-electron chi connectivity index (χ1n) is 8.15. The molecule has 1 fully saturated rings. The summed E-state index contributed by atoms with van der Waals surface area (Å²) in [5.74, 6) is -0.136. The third kappa shape index (κ3) is 4.67. The fourth-order valence-corrected chi connectivity index (χ4v) is 3.02. The molecule has 7 heteroatoms. The van der Waals surface area contributed by atoms with Crippen molar-refractivity contribution in [2.45, 2.75) is 31.9 Å². The summed E-state index contributed by atoms with van der Waals surface area (Å²) in [7, 11) is 0. The second kappa shape index (κ2) is 7.80. The number of hydrogen-bond donors (Lipinski definition) is 2. The highest BCUT2D eigenvalue weighted by Gasteiger charge is 2.20. The molecule has 0 bridgehead atoms.